The Bertz CT molecular complexity index is 1310. The number of hydroxylamine groups is 2. The standard InChI is InChI=1S/C22H19F4N3O10/c1-9(18(32)29(39-21(36)22(24,25)26)13(19(33)34)8-16(30)31)6-11-3-5-15(37-11)20(35)38-14-4-2-10(17(27)28)7-12(14)23/h2-5,7,9,13H,6,8H2,1H3,(H3,27,28)(H,30,31)(H,33,34)/t9?,13-/m0/s1. The Balaban J connectivity index is 2.20. The van der Waals surface area contributed by atoms with Crippen LogP contribution in [0.4, 0.5) is 17.6 Å². The molecule has 1 heterocycles. The van der Waals surface area contributed by atoms with E-state index in [0.717, 1.165) is 31.2 Å². The summed E-state index contributed by atoms with van der Waals surface area (Å²) in [6.07, 6.45) is -7.54. The topological polar surface area (TPSA) is 211 Å². The van der Waals surface area contributed by atoms with Gasteiger partial charge in [-0.25, -0.2) is 18.8 Å². The molecule has 2 atom stereocenters. The Hall–Kier alpha value is -4.96. The second-order valence-electron chi connectivity index (χ2n) is 7.81. The first-order valence-electron chi connectivity index (χ1n) is 10.5. The fourth-order valence-corrected chi connectivity index (χ4v) is 2.94. The number of aliphatic carboxylic acids is 2. The van der Waals surface area contributed by atoms with E-state index in [4.69, 9.17) is 25.4 Å². The number of nitrogens with zero attached hydrogens (tertiary/aromatic N) is 1. The monoisotopic (exact) mass is 561 g/mol. The third kappa shape index (κ3) is 8.01. The number of carbonyl (C=O) groups excluding carboxylic acids is 3. The van der Waals surface area contributed by atoms with E-state index in [1.54, 1.807) is 0 Å². The van der Waals surface area contributed by atoms with Crippen molar-refractivity contribution >= 4 is 35.6 Å². The highest BCUT2D eigenvalue weighted by Gasteiger charge is 2.46. The highest BCUT2D eigenvalue weighted by atomic mass is 19.4. The average molecular weight is 561 g/mol. The van der Waals surface area contributed by atoms with Crippen LogP contribution < -0.4 is 10.5 Å². The first-order chi connectivity index (χ1) is 18.0. The second kappa shape index (κ2) is 12.1. The van der Waals surface area contributed by atoms with E-state index in [9.17, 15) is 46.6 Å². The molecule has 0 bridgehead atoms. The van der Waals surface area contributed by atoms with Crippen molar-refractivity contribution in [2.24, 2.45) is 11.7 Å². The van der Waals surface area contributed by atoms with Crippen LogP contribution in [0.25, 0.3) is 0 Å². The summed E-state index contributed by atoms with van der Waals surface area (Å²) in [6, 6.07) is 2.78. The molecule has 0 aliphatic heterocycles. The molecule has 0 fully saturated rings. The van der Waals surface area contributed by atoms with Crippen LogP contribution in [0.2, 0.25) is 0 Å². The molecule has 13 nitrogen and oxygen atoms in total. The molecule has 1 unspecified atom stereocenters. The van der Waals surface area contributed by atoms with E-state index >= 15 is 0 Å². The van der Waals surface area contributed by atoms with Crippen LogP contribution in [-0.4, -0.2) is 63.1 Å². The van der Waals surface area contributed by atoms with Gasteiger partial charge < -0.3 is 29.9 Å². The van der Waals surface area contributed by atoms with Gasteiger partial charge in [0.15, 0.2) is 17.6 Å². The molecule has 210 valence electrons. The average Bonchev–Trinajstić information content (AvgIpc) is 3.29. The van der Waals surface area contributed by atoms with Crippen molar-refractivity contribution < 1.29 is 65.7 Å². The molecule has 5 N–H and O–H groups in total. The van der Waals surface area contributed by atoms with E-state index in [-0.39, 0.29) is 11.3 Å². The van der Waals surface area contributed by atoms with Gasteiger partial charge in [0.2, 0.25) is 5.76 Å². The molecule has 0 saturated heterocycles. The summed E-state index contributed by atoms with van der Waals surface area (Å²) >= 11 is 0. The van der Waals surface area contributed by atoms with Crippen molar-refractivity contribution in [1.29, 1.82) is 5.41 Å². The van der Waals surface area contributed by atoms with E-state index in [0.29, 0.717) is 0 Å². The normalized spacial score (nSPS) is 12.6. The maximum Gasteiger partial charge on any atom is 0.493 e. The lowest BCUT2D eigenvalue weighted by Gasteiger charge is -2.28. The lowest BCUT2D eigenvalue weighted by atomic mass is 10.0. The van der Waals surface area contributed by atoms with Gasteiger partial charge in [0, 0.05) is 17.9 Å². The molecular weight excluding hydrogens is 542 g/mol. The number of carbonyl (C=O) groups is 5. The number of carboxylic acids is 2. The minimum Gasteiger partial charge on any atom is -0.481 e. The highest BCUT2D eigenvalue weighted by Crippen LogP contribution is 2.24. The van der Waals surface area contributed by atoms with Crippen LogP contribution in [0, 0.1) is 17.1 Å². The summed E-state index contributed by atoms with van der Waals surface area (Å²) in [5.41, 5.74) is 5.26. The van der Waals surface area contributed by atoms with Crippen molar-refractivity contribution in [3.05, 3.63) is 53.2 Å². The molecule has 39 heavy (non-hydrogen) atoms. The van der Waals surface area contributed by atoms with Gasteiger partial charge in [-0.2, -0.15) is 18.2 Å². The SMILES string of the molecule is CC(Cc1ccc(C(=O)Oc2ccc(C(=N)N)cc2F)o1)C(=O)N(OC(=O)C(F)(F)F)[C@@H](CC(=O)O)C(=O)O. The number of hydrogen-bond donors (Lipinski definition) is 4. The number of amides is 1. The summed E-state index contributed by atoms with van der Waals surface area (Å²) in [5, 5.41) is 24.9. The van der Waals surface area contributed by atoms with E-state index in [2.05, 4.69) is 4.84 Å². The molecule has 2 aromatic rings. The Kier molecular flexibility index (Phi) is 9.36. The molecule has 2 rings (SSSR count). The predicted molar refractivity (Wildman–Crippen MR) is 117 cm³/mol. The number of alkyl halides is 3. The third-order valence-electron chi connectivity index (χ3n) is 4.80. The first kappa shape index (κ1) is 30.3. The predicted octanol–water partition coefficient (Wildman–Crippen LogP) is 1.88. The maximum absolute atomic E-state index is 14.1. The lowest BCUT2D eigenvalue weighted by molar-refractivity contribution is -0.246. The molecule has 1 aromatic heterocycles. The van der Waals surface area contributed by atoms with Gasteiger partial charge >= 0.3 is 30.1 Å². The minimum atomic E-state index is -5.64. The molecule has 0 aliphatic rings. The lowest BCUT2D eigenvalue weighted by Crippen LogP contribution is -2.51. The van der Waals surface area contributed by atoms with Crippen molar-refractivity contribution in [2.45, 2.75) is 32.0 Å². The van der Waals surface area contributed by atoms with Gasteiger partial charge in [-0.3, -0.25) is 15.0 Å². The van der Waals surface area contributed by atoms with Gasteiger partial charge in [0.05, 0.1) is 6.42 Å². The number of benzene rings is 1. The van der Waals surface area contributed by atoms with Crippen LogP contribution >= 0.6 is 0 Å². The van der Waals surface area contributed by atoms with Crippen molar-refractivity contribution in [2.75, 3.05) is 0 Å². The number of nitrogens with one attached hydrogen (secondary N) is 1. The van der Waals surface area contributed by atoms with E-state index in [1.807, 2.05) is 0 Å². The second-order valence-corrected chi connectivity index (χ2v) is 7.81. The number of ether oxygens (including phenoxy) is 1. The minimum absolute atomic E-state index is 0.0229. The molecule has 0 saturated carbocycles. The summed E-state index contributed by atoms with van der Waals surface area (Å²) in [4.78, 5) is 62.7. The number of nitrogen functional groups attached to an aromatic ring is 1. The van der Waals surface area contributed by atoms with Crippen LogP contribution in [0.15, 0.2) is 34.7 Å². The molecule has 0 aliphatic carbocycles. The number of esters is 1. The Labute approximate surface area is 215 Å². The largest absolute Gasteiger partial charge is 0.493 e. The van der Waals surface area contributed by atoms with Crippen LogP contribution in [-0.2, 0) is 30.4 Å². The molecule has 1 aromatic carbocycles. The highest BCUT2D eigenvalue weighted by molar-refractivity contribution is 5.95. The van der Waals surface area contributed by atoms with Gasteiger partial charge in [0.1, 0.15) is 11.6 Å². The number of amidine groups is 1. The quantitative estimate of drug-likeness (QED) is 0.0821. The third-order valence-corrected chi connectivity index (χ3v) is 4.80. The summed E-state index contributed by atoms with van der Waals surface area (Å²) in [5.74, 6) is -13.7. The number of rotatable bonds is 10. The summed E-state index contributed by atoms with van der Waals surface area (Å²) in [7, 11) is 0. The molecular formula is C22H19F4N3O10. The Morgan fingerprint density at radius 2 is 1.77 bits per heavy atom. The Morgan fingerprint density at radius 3 is 2.28 bits per heavy atom. The van der Waals surface area contributed by atoms with E-state index in [1.165, 1.54) is 6.07 Å². The molecule has 0 radical (unpaired) electrons. The number of halogens is 4. The fourth-order valence-electron chi connectivity index (χ4n) is 2.94. The van der Waals surface area contributed by atoms with Gasteiger partial charge in [-0.05, 0) is 30.3 Å². The van der Waals surface area contributed by atoms with Crippen molar-refractivity contribution in [3.63, 3.8) is 0 Å². The Morgan fingerprint density at radius 1 is 1.13 bits per heavy atom. The number of hydrogen-bond acceptors (Lipinski definition) is 9. The van der Waals surface area contributed by atoms with Gasteiger partial charge in [-0.15, -0.1) is 0 Å². The first-order valence-corrected chi connectivity index (χ1v) is 10.5. The van der Waals surface area contributed by atoms with Crippen molar-refractivity contribution in [3.8, 4) is 5.75 Å². The number of furan rings is 1. The maximum atomic E-state index is 14.1. The van der Waals surface area contributed by atoms with Crippen molar-refractivity contribution in [1.82, 2.24) is 5.06 Å². The summed E-state index contributed by atoms with van der Waals surface area (Å²) < 4.78 is 62.2. The van der Waals surface area contributed by atoms with Crippen LogP contribution in [0.3, 0.4) is 0 Å². The zero-order valence-corrected chi connectivity index (χ0v) is 19.7. The molecule has 1 amide bonds. The van der Waals surface area contributed by atoms with Crippen LogP contribution in [0.1, 0.15) is 35.2 Å². The fraction of sp³-hybridized carbons (Fsp3) is 0.273. The molecule has 17 heteroatoms. The summed E-state index contributed by atoms with van der Waals surface area (Å²) in [6.45, 7) is 1.07. The number of nitrogens with two attached hydrogens (primary N) is 1. The van der Waals surface area contributed by atoms with Gasteiger partial charge in [-0.1, -0.05) is 6.92 Å². The van der Waals surface area contributed by atoms with Gasteiger partial charge in [0.25, 0.3) is 5.91 Å². The zero-order chi connectivity index (χ0) is 29.7. The smallest absolute Gasteiger partial charge is 0.481 e. The van der Waals surface area contributed by atoms with E-state index < -0.39 is 89.0 Å². The molecule has 0 spiro atoms. The number of carboxylic acid groups (broad SMARTS) is 2. The van der Waals surface area contributed by atoms with Crippen LogP contribution in [0.5, 0.6) is 5.75 Å². The zero-order valence-electron chi connectivity index (χ0n) is 19.7.